The summed E-state index contributed by atoms with van der Waals surface area (Å²) in [5.74, 6) is 1.28. The van der Waals surface area contributed by atoms with E-state index in [9.17, 15) is 5.11 Å². The molecule has 0 aromatic heterocycles. The summed E-state index contributed by atoms with van der Waals surface area (Å²) in [6.07, 6.45) is 0.501. The van der Waals surface area contributed by atoms with Crippen LogP contribution in [0.5, 0.6) is 5.75 Å². The number of nitrogens with zero attached hydrogens (tertiary/aromatic N) is 1. The molecule has 3 nitrogen and oxygen atoms in total. The summed E-state index contributed by atoms with van der Waals surface area (Å²) in [5.41, 5.74) is 1.29. The van der Waals surface area contributed by atoms with Gasteiger partial charge in [0.05, 0.1) is 12.5 Å². The fourth-order valence-corrected chi connectivity index (χ4v) is 1.49. The fraction of sp³-hybridized carbons (Fsp3) is 0.500. The normalized spacial score (nSPS) is 13.8. The zero-order valence-electron chi connectivity index (χ0n) is 10.4. The number of ether oxygens (including phenoxy) is 1. The van der Waals surface area contributed by atoms with Gasteiger partial charge in [-0.2, -0.15) is 5.26 Å². The minimum absolute atomic E-state index is 0.102. The van der Waals surface area contributed by atoms with Crippen LogP contribution >= 0.6 is 0 Å². The molecule has 2 atom stereocenters. The third kappa shape index (κ3) is 4.46. The second kappa shape index (κ2) is 6.93. The van der Waals surface area contributed by atoms with Crippen molar-refractivity contribution in [1.82, 2.24) is 0 Å². The van der Waals surface area contributed by atoms with Crippen molar-refractivity contribution < 1.29 is 9.84 Å². The van der Waals surface area contributed by atoms with E-state index in [0.29, 0.717) is 5.92 Å². The van der Waals surface area contributed by atoms with Crippen LogP contribution in [0.1, 0.15) is 38.2 Å². The molecule has 3 heteroatoms. The van der Waals surface area contributed by atoms with E-state index in [1.807, 2.05) is 30.3 Å². The Kier molecular flexibility index (Phi) is 5.51. The predicted molar refractivity (Wildman–Crippen MR) is 66.9 cm³/mol. The number of rotatable bonds is 6. The lowest BCUT2D eigenvalue weighted by atomic mass is 9.99. The topological polar surface area (TPSA) is 53.2 Å². The van der Waals surface area contributed by atoms with Crippen LogP contribution in [0.2, 0.25) is 0 Å². The van der Waals surface area contributed by atoms with E-state index in [1.54, 1.807) is 0 Å². The van der Waals surface area contributed by atoms with Crippen LogP contribution in [-0.2, 0) is 0 Å². The van der Waals surface area contributed by atoms with Gasteiger partial charge in [0, 0.05) is 0 Å². The smallest absolute Gasteiger partial charge is 0.119 e. The molecule has 0 aliphatic carbocycles. The van der Waals surface area contributed by atoms with Crippen LogP contribution in [0.3, 0.4) is 0 Å². The molecule has 0 saturated carbocycles. The quantitative estimate of drug-likeness (QED) is 0.822. The lowest BCUT2D eigenvalue weighted by molar-refractivity contribution is 0.111. The van der Waals surface area contributed by atoms with Crippen LogP contribution in [0, 0.1) is 11.3 Å². The fourth-order valence-electron chi connectivity index (χ4n) is 1.49. The molecule has 0 aliphatic heterocycles. The first-order valence-electron chi connectivity index (χ1n) is 5.95. The summed E-state index contributed by atoms with van der Waals surface area (Å²) in [4.78, 5) is 0. The van der Waals surface area contributed by atoms with Gasteiger partial charge in [0.1, 0.15) is 18.5 Å². The van der Waals surface area contributed by atoms with Crippen LogP contribution in [-0.4, -0.2) is 17.8 Å². The van der Waals surface area contributed by atoms with Gasteiger partial charge in [-0.05, 0) is 30.0 Å². The molecule has 0 spiro atoms. The molecule has 0 fully saturated rings. The number of hydrogen-bond donors (Lipinski definition) is 1. The molecule has 1 aromatic rings. The van der Waals surface area contributed by atoms with E-state index < -0.39 is 6.10 Å². The van der Waals surface area contributed by atoms with E-state index in [2.05, 4.69) is 13.8 Å². The summed E-state index contributed by atoms with van der Waals surface area (Å²) in [7, 11) is 0. The van der Waals surface area contributed by atoms with Gasteiger partial charge in [0.25, 0.3) is 0 Å². The van der Waals surface area contributed by atoms with Crippen molar-refractivity contribution in [2.45, 2.75) is 38.7 Å². The summed E-state index contributed by atoms with van der Waals surface area (Å²) in [6, 6.07) is 9.80. The van der Waals surface area contributed by atoms with Crippen LogP contribution in [0.25, 0.3) is 0 Å². The summed E-state index contributed by atoms with van der Waals surface area (Å²) >= 11 is 0. The minimum atomic E-state index is -0.714. The summed E-state index contributed by atoms with van der Waals surface area (Å²) in [5, 5.41) is 17.7. The Morgan fingerprint density at radius 3 is 2.53 bits per heavy atom. The molecular weight excluding hydrogens is 214 g/mol. The van der Waals surface area contributed by atoms with Crippen molar-refractivity contribution >= 4 is 0 Å². The standard InChI is InChI=1S/C14H19NO2/c1-3-11(2)12-4-6-14(7-5-12)17-10-13(16)8-9-15/h4-7,11,13,16H,3,8,10H2,1-2H3/t11-,13-/m1/s1. The molecule has 0 bridgehead atoms. The van der Waals surface area contributed by atoms with Gasteiger partial charge < -0.3 is 9.84 Å². The van der Waals surface area contributed by atoms with Crippen molar-refractivity contribution in [3.8, 4) is 11.8 Å². The molecule has 0 heterocycles. The Morgan fingerprint density at radius 1 is 1.35 bits per heavy atom. The van der Waals surface area contributed by atoms with Crippen molar-refractivity contribution in [1.29, 1.82) is 5.26 Å². The highest BCUT2D eigenvalue weighted by Crippen LogP contribution is 2.21. The maximum Gasteiger partial charge on any atom is 0.119 e. The first-order chi connectivity index (χ1) is 8.17. The molecule has 1 aromatic carbocycles. The van der Waals surface area contributed by atoms with Gasteiger partial charge in [0.2, 0.25) is 0 Å². The summed E-state index contributed by atoms with van der Waals surface area (Å²) < 4.78 is 5.39. The minimum Gasteiger partial charge on any atom is -0.491 e. The number of nitriles is 1. The summed E-state index contributed by atoms with van der Waals surface area (Å²) in [6.45, 7) is 4.51. The van der Waals surface area contributed by atoms with Crippen molar-refractivity contribution in [3.63, 3.8) is 0 Å². The average molecular weight is 233 g/mol. The molecule has 0 amide bonds. The molecule has 1 rings (SSSR count). The second-order valence-electron chi connectivity index (χ2n) is 4.21. The largest absolute Gasteiger partial charge is 0.491 e. The molecule has 1 N–H and O–H groups in total. The SMILES string of the molecule is CC[C@@H](C)c1ccc(OC[C@H](O)CC#N)cc1. The maximum absolute atomic E-state index is 9.34. The van der Waals surface area contributed by atoms with Crippen LogP contribution < -0.4 is 4.74 Å². The molecule has 0 aliphatic rings. The highest BCUT2D eigenvalue weighted by molar-refractivity contribution is 5.29. The van der Waals surface area contributed by atoms with Gasteiger partial charge >= 0.3 is 0 Å². The Bertz CT molecular complexity index is 367. The lowest BCUT2D eigenvalue weighted by Gasteiger charge is -2.12. The van der Waals surface area contributed by atoms with E-state index in [4.69, 9.17) is 10.00 Å². The second-order valence-corrected chi connectivity index (χ2v) is 4.21. The van der Waals surface area contributed by atoms with Crippen molar-refractivity contribution in [3.05, 3.63) is 29.8 Å². The van der Waals surface area contributed by atoms with Gasteiger partial charge in [-0.15, -0.1) is 0 Å². The zero-order valence-corrected chi connectivity index (χ0v) is 10.4. The first-order valence-corrected chi connectivity index (χ1v) is 5.95. The maximum atomic E-state index is 9.34. The molecule has 92 valence electrons. The number of benzene rings is 1. The molecular formula is C14H19NO2. The number of hydrogen-bond acceptors (Lipinski definition) is 3. The van der Waals surface area contributed by atoms with E-state index >= 15 is 0 Å². The third-order valence-corrected chi connectivity index (χ3v) is 2.83. The Balaban J connectivity index is 2.49. The van der Waals surface area contributed by atoms with Gasteiger partial charge in [-0.1, -0.05) is 26.0 Å². The first kappa shape index (κ1) is 13.5. The number of aliphatic hydroxyl groups excluding tert-OH is 1. The van der Waals surface area contributed by atoms with E-state index in [-0.39, 0.29) is 13.0 Å². The molecule has 0 unspecified atom stereocenters. The van der Waals surface area contributed by atoms with Crippen molar-refractivity contribution in [2.75, 3.05) is 6.61 Å². The monoisotopic (exact) mass is 233 g/mol. The van der Waals surface area contributed by atoms with Crippen LogP contribution in [0.4, 0.5) is 0 Å². The highest BCUT2D eigenvalue weighted by atomic mass is 16.5. The Morgan fingerprint density at radius 2 is 2.00 bits per heavy atom. The van der Waals surface area contributed by atoms with E-state index in [1.165, 1.54) is 5.56 Å². The van der Waals surface area contributed by atoms with Crippen LogP contribution in [0.15, 0.2) is 24.3 Å². The lowest BCUT2D eigenvalue weighted by Crippen LogP contribution is -2.16. The third-order valence-electron chi connectivity index (χ3n) is 2.83. The Hall–Kier alpha value is -1.53. The van der Waals surface area contributed by atoms with Gasteiger partial charge in [0.15, 0.2) is 0 Å². The Labute approximate surface area is 103 Å². The zero-order chi connectivity index (χ0) is 12.7. The van der Waals surface area contributed by atoms with E-state index in [0.717, 1.165) is 12.2 Å². The van der Waals surface area contributed by atoms with Gasteiger partial charge in [-0.3, -0.25) is 0 Å². The van der Waals surface area contributed by atoms with Gasteiger partial charge in [-0.25, -0.2) is 0 Å². The molecule has 0 radical (unpaired) electrons. The number of aliphatic hydroxyl groups is 1. The highest BCUT2D eigenvalue weighted by Gasteiger charge is 2.05. The molecule has 17 heavy (non-hydrogen) atoms. The predicted octanol–water partition coefficient (Wildman–Crippen LogP) is 2.85. The average Bonchev–Trinajstić information content (AvgIpc) is 2.36. The molecule has 0 saturated heterocycles. The van der Waals surface area contributed by atoms with Crippen molar-refractivity contribution in [2.24, 2.45) is 0 Å².